The molecule has 3 aromatic rings. The summed E-state index contributed by atoms with van der Waals surface area (Å²) >= 11 is 7.85. The fraction of sp³-hybridized carbons (Fsp3) is 0.188. The first kappa shape index (κ1) is 14.3. The van der Waals surface area contributed by atoms with Crippen molar-refractivity contribution in [3.63, 3.8) is 0 Å². The maximum atomic E-state index is 6.22. The summed E-state index contributed by atoms with van der Waals surface area (Å²) < 4.78 is 6.92. The average Bonchev–Trinajstić information content (AvgIpc) is 2.88. The lowest BCUT2D eigenvalue weighted by Crippen LogP contribution is -2.05. The molecule has 0 radical (unpaired) electrons. The van der Waals surface area contributed by atoms with Crippen LogP contribution < -0.4 is 10.5 Å². The molecule has 2 N–H and O–H groups in total. The van der Waals surface area contributed by atoms with E-state index in [1.54, 1.807) is 11.3 Å². The van der Waals surface area contributed by atoms with Crippen molar-refractivity contribution in [2.24, 2.45) is 5.73 Å². The first-order valence-corrected chi connectivity index (χ1v) is 7.85. The van der Waals surface area contributed by atoms with Crippen LogP contribution in [0.5, 0.6) is 5.75 Å². The second-order valence-electron chi connectivity index (χ2n) is 4.84. The number of aromatic nitrogens is 1. The molecule has 0 saturated heterocycles. The summed E-state index contributed by atoms with van der Waals surface area (Å²) in [6.45, 7) is 2.34. The Morgan fingerprint density at radius 2 is 2.10 bits per heavy atom. The lowest BCUT2D eigenvalue weighted by Gasteiger charge is -2.10. The quantitative estimate of drug-likeness (QED) is 0.767. The maximum Gasteiger partial charge on any atom is 0.140 e. The van der Waals surface area contributed by atoms with Crippen molar-refractivity contribution in [3.8, 4) is 5.75 Å². The molecule has 0 spiro atoms. The monoisotopic (exact) mass is 318 g/mol. The molecule has 0 aliphatic carbocycles. The van der Waals surface area contributed by atoms with E-state index < -0.39 is 0 Å². The molecule has 3 nitrogen and oxygen atoms in total. The number of halogens is 1. The summed E-state index contributed by atoms with van der Waals surface area (Å²) in [6.07, 6.45) is 0. The highest BCUT2D eigenvalue weighted by Gasteiger charge is 2.08. The Kier molecular flexibility index (Phi) is 4.10. The van der Waals surface area contributed by atoms with Crippen LogP contribution in [-0.4, -0.2) is 4.98 Å². The van der Waals surface area contributed by atoms with Crippen molar-refractivity contribution in [2.75, 3.05) is 0 Å². The third-order valence-electron chi connectivity index (χ3n) is 3.17. The third-order valence-corrected chi connectivity index (χ3v) is 4.48. The zero-order valence-corrected chi connectivity index (χ0v) is 13.1. The summed E-state index contributed by atoms with van der Waals surface area (Å²) in [7, 11) is 0. The molecule has 0 fully saturated rings. The largest absolute Gasteiger partial charge is 0.485 e. The lowest BCUT2D eigenvalue weighted by atomic mass is 10.1. The molecule has 3 rings (SSSR count). The van der Waals surface area contributed by atoms with E-state index in [0.717, 1.165) is 20.8 Å². The lowest BCUT2D eigenvalue weighted by molar-refractivity contribution is 0.306. The Bertz CT molecular complexity index is 737. The summed E-state index contributed by atoms with van der Waals surface area (Å²) in [6, 6.07) is 13.6. The molecule has 1 atom stereocenters. The molecular weight excluding hydrogens is 304 g/mol. The van der Waals surface area contributed by atoms with Gasteiger partial charge in [0, 0.05) is 6.04 Å². The topological polar surface area (TPSA) is 48.1 Å². The average molecular weight is 319 g/mol. The molecule has 0 saturated carbocycles. The van der Waals surface area contributed by atoms with Crippen LogP contribution in [-0.2, 0) is 6.61 Å². The standard InChI is InChI=1S/C16H15ClN2OS/c1-10(18)11-6-7-14(12(17)8-11)20-9-16-19-13-4-2-3-5-15(13)21-16/h2-8,10H,9,18H2,1H3/t10-/m1/s1. The molecule has 0 aliphatic rings. The number of hydrogen-bond donors (Lipinski definition) is 1. The minimum Gasteiger partial charge on any atom is -0.485 e. The van der Waals surface area contributed by atoms with Gasteiger partial charge >= 0.3 is 0 Å². The number of nitrogens with two attached hydrogens (primary N) is 1. The molecule has 108 valence electrons. The number of ether oxygens (including phenoxy) is 1. The first-order valence-electron chi connectivity index (χ1n) is 6.66. The number of fused-ring (bicyclic) bond motifs is 1. The molecule has 2 aromatic carbocycles. The van der Waals surface area contributed by atoms with Crippen LogP contribution in [0, 0.1) is 0 Å². The van der Waals surface area contributed by atoms with Gasteiger partial charge in [0.15, 0.2) is 0 Å². The van der Waals surface area contributed by atoms with Crippen LogP contribution in [0.2, 0.25) is 5.02 Å². The van der Waals surface area contributed by atoms with Crippen LogP contribution >= 0.6 is 22.9 Å². The predicted molar refractivity (Wildman–Crippen MR) is 88.0 cm³/mol. The van der Waals surface area contributed by atoms with Gasteiger partial charge in [0.05, 0.1) is 15.2 Å². The number of hydrogen-bond acceptors (Lipinski definition) is 4. The molecule has 0 bridgehead atoms. The second kappa shape index (κ2) is 6.02. The van der Waals surface area contributed by atoms with E-state index in [4.69, 9.17) is 22.1 Å². The SMILES string of the molecule is C[C@@H](N)c1ccc(OCc2nc3ccccc3s2)c(Cl)c1. The summed E-state index contributed by atoms with van der Waals surface area (Å²) in [5.41, 5.74) is 7.83. The van der Waals surface area contributed by atoms with E-state index in [9.17, 15) is 0 Å². The molecule has 21 heavy (non-hydrogen) atoms. The Balaban J connectivity index is 1.75. The van der Waals surface area contributed by atoms with E-state index >= 15 is 0 Å². The zero-order chi connectivity index (χ0) is 14.8. The van der Waals surface area contributed by atoms with Crippen LogP contribution in [0.3, 0.4) is 0 Å². The Morgan fingerprint density at radius 3 is 2.81 bits per heavy atom. The number of rotatable bonds is 4. The van der Waals surface area contributed by atoms with Crippen molar-refractivity contribution in [1.29, 1.82) is 0 Å². The second-order valence-corrected chi connectivity index (χ2v) is 6.36. The van der Waals surface area contributed by atoms with Gasteiger partial charge in [-0.2, -0.15) is 0 Å². The van der Waals surface area contributed by atoms with E-state index in [1.165, 1.54) is 0 Å². The number of thiazole rings is 1. The van der Waals surface area contributed by atoms with E-state index in [2.05, 4.69) is 11.1 Å². The Hall–Kier alpha value is -1.62. The summed E-state index contributed by atoms with van der Waals surface area (Å²) in [5.74, 6) is 0.653. The predicted octanol–water partition coefficient (Wildman–Crippen LogP) is 4.55. The normalized spacial score (nSPS) is 12.5. The van der Waals surface area contributed by atoms with Gasteiger partial charge in [0.25, 0.3) is 0 Å². The highest BCUT2D eigenvalue weighted by Crippen LogP contribution is 2.29. The molecule has 1 heterocycles. The van der Waals surface area contributed by atoms with Crippen molar-refractivity contribution in [2.45, 2.75) is 19.6 Å². The smallest absolute Gasteiger partial charge is 0.140 e. The summed E-state index contributed by atoms with van der Waals surface area (Å²) in [5, 5.41) is 1.51. The van der Waals surface area contributed by atoms with Gasteiger partial charge in [0.2, 0.25) is 0 Å². The number of benzene rings is 2. The van der Waals surface area contributed by atoms with Crippen LogP contribution in [0.25, 0.3) is 10.2 Å². The summed E-state index contributed by atoms with van der Waals surface area (Å²) in [4.78, 5) is 4.53. The van der Waals surface area contributed by atoms with Gasteiger partial charge in [-0.25, -0.2) is 4.98 Å². The minimum absolute atomic E-state index is 0.0409. The van der Waals surface area contributed by atoms with Crippen molar-refractivity contribution >= 4 is 33.2 Å². The van der Waals surface area contributed by atoms with Gasteiger partial charge in [-0.3, -0.25) is 0 Å². The number of nitrogens with zero attached hydrogens (tertiary/aromatic N) is 1. The van der Waals surface area contributed by atoms with Crippen LogP contribution in [0.1, 0.15) is 23.5 Å². The third kappa shape index (κ3) is 3.18. The molecule has 5 heteroatoms. The zero-order valence-electron chi connectivity index (χ0n) is 11.5. The van der Waals surface area contributed by atoms with E-state index in [0.29, 0.717) is 17.4 Å². The van der Waals surface area contributed by atoms with Gasteiger partial charge < -0.3 is 10.5 Å². The molecule has 0 amide bonds. The molecule has 0 aliphatic heterocycles. The van der Waals surface area contributed by atoms with Crippen LogP contribution in [0.15, 0.2) is 42.5 Å². The number of para-hydroxylation sites is 1. The van der Waals surface area contributed by atoms with E-state index in [-0.39, 0.29) is 6.04 Å². The van der Waals surface area contributed by atoms with E-state index in [1.807, 2.05) is 43.3 Å². The Morgan fingerprint density at radius 1 is 1.29 bits per heavy atom. The van der Waals surface area contributed by atoms with Gasteiger partial charge in [0.1, 0.15) is 17.4 Å². The highest BCUT2D eigenvalue weighted by atomic mass is 35.5. The minimum atomic E-state index is -0.0409. The van der Waals surface area contributed by atoms with Gasteiger partial charge in [-0.05, 0) is 36.8 Å². The first-order chi connectivity index (χ1) is 10.1. The van der Waals surface area contributed by atoms with Crippen molar-refractivity contribution in [1.82, 2.24) is 4.98 Å². The molecule has 1 aromatic heterocycles. The van der Waals surface area contributed by atoms with Gasteiger partial charge in [-0.1, -0.05) is 29.8 Å². The highest BCUT2D eigenvalue weighted by molar-refractivity contribution is 7.18. The molecule has 0 unspecified atom stereocenters. The van der Waals surface area contributed by atoms with Gasteiger partial charge in [-0.15, -0.1) is 11.3 Å². The maximum absolute atomic E-state index is 6.22. The fourth-order valence-electron chi connectivity index (χ4n) is 2.04. The van der Waals surface area contributed by atoms with Crippen LogP contribution in [0.4, 0.5) is 0 Å². The fourth-order valence-corrected chi connectivity index (χ4v) is 3.16. The van der Waals surface area contributed by atoms with Crippen molar-refractivity contribution in [3.05, 3.63) is 58.1 Å². The molecular formula is C16H15ClN2OS. The van der Waals surface area contributed by atoms with Crippen molar-refractivity contribution < 1.29 is 4.74 Å². The Labute approximate surface area is 132 Å².